The molecule has 14 heavy (non-hydrogen) atoms. The molecule has 0 aromatic carbocycles. The van der Waals surface area contributed by atoms with E-state index in [-0.39, 0.29) is 11.1 Å². The molecule has 2 heteroatoms. The van der Waals surface area contributed by atoms with E-state index in [2.05, 4.69) is 46.6 Å². The van der Waals surface area contributed by atoms with Gasteiger partial charge in [-0.3, -0.25) is 4.90 Å². The predicted octanol–water partition coefficient (Wildman–Crippen LogP) is 2.62. The van der Waals surface area contributed by atoms with Gasteiger partial charge < -0.3 is 5.73 Å². The Morgan fingerprint density at radius 2 is 1.64 bits per heavy atom. The van der Waals surface area contributed by atoms with Gasteiger partial charge in [-0.1, -0.05) is 20.3 Å². The first kappa shape index (κ1) is 13.9. The first-order valence-electron chi connectivity index (χ1n) is 5.78. The highest BCUT2D eigenvalue weighted by atomic mass is 15.2. The van der Waals surface area contributed by atoms with E-state index in [4.69, 9.17) is 5.73 Å². The molecule has 0 radical (unpaired) electrons. The Morgan fingerprint density at radius 1 is 1.14 bits per heavy atom. The maximum atomic E-state index is 5.90. The van der Waals surface area contributed by atoms with Crippen LogP contribution in [0.2, 0.25) is 0 Å². The molecule has 0 bridgehead atoms. The average Bonchev–Trinajstić information content (AvgIpc) is 2.17. The van der Waals surface area contributed by atoms with Gasteiger partial charge in [0, 0.05) is 17.6 Å². The molecule has 1 atom stereocenters. The lowest BCUT2D eigenvalue weighted by atomic mass is 9.87. The van der Waals surface area contributed by atoms with E-state index in [1.807, 2.05) is 0 Å². The quantitative estimate of drug-likeness (QED) is 0.714. The Bertz CT molecular complexity index is 166. The Hall–Kier alpha value is -0.0800. The molecule has 0 aromatic rings. The largest absolute Gasteiger partial charge is 0.329 e. The summed E-state index contributed by atoms with van der Waals surface area (Å²) in [6.45, 7) is 12.0. The fourth-order valence-corrected chi connectivity index (χ4v) is 1.91. The molecule has 0 rings (SSSR count). The zero-order valence-electron chi connectivity index (χ0n) is 10.9. The molecule has 0 aliphatic rings. The maximum Gasteiger partial charge on any atom is 0.0305 e. The van der Waals surface area contributed by atoms with Crippen molar-refractivity contribution in [3.05, 3.63) is 0 Å². The van der Waals surface area contributed by atoms with Gasteiger partial charge in [0.25, 0.3) is 0 Å². The fourth-order valence-electron chi connectivity index (χ4n) is 1.91. The van der Waals surface area contributed by atoms with Gasteiger partial charge in [-0.25, -0.2) is 0 Å². The smallest absolute Gasteiger partial charge is 0.0305 e. The molecule has 2 N–H and O–H groups in total. The molecular formula is C12H28N2. The Labute approximate surface area is 89.9 Å². The van der Waals surface area contributed by atoms with Gasteiger partial charge in [0.1, 0.15) is 0 Å². The van der Waals surface area contributed by atoms with Crippen LogP contribution in [-0.4, -0.2) is 29.6 Å². The minimum atomic E-state index is 0.147. The van der Waals surface area contributed by atoms with Crippen molar-refractivity contribution >= 4 is 0 Å². The van der Waals surface area contributed by atoms with Gasteiger partial charge >= 0.3 is 0 Å². The third-order valence-electron chi connectivity index (χ3n) is 3.81. The van der Waals surface area contributed by atoms with Crippen molar-refractivity contribution in [1.29, 1.82) is 0 Å². The molecular weight excluding hydrogens is 172 g/mol. The van der Waals surface area contributed by atoms with Crippen LogP contribution in [0, 0.1) is 0 Å². The molecule has 0 aromatic heterocycles. The lowest BCUT2D eigenvalue weighted by Gasteiger charge is -2.47. The summed E-state index contributed by atoms with van der Waals surface area (Å²) in [6.07, 6.45) is 3.52. The van der Waals surface area contributed by atoms with Crippen LogP contribution in [0.25, 0.3) is 0 Å². The normalized spacial score (nSPS) is 17.1. The van der Waals surface area contributed by atoms with Gasteiger partial charge in [-0.05, 0) is 40.7 Å². The highest BCUT2D eigenvalue weighted by molar-refractivity contribution is 4.92. The summed E-state index contributed by atoms with van der Waals surface area (Å²) in [5, 5.41) is 0. The van der Waals surface area contributed by atoms with E-state index in [1.165, 1.54) is 12.8 Å². The van der Waals surface area contributed by atoms with Crippen LogP contribution >= 0.6 is 0 Å². The van der Waals surface area contributed by atoms with Crippen molar-refractivity contribution in [3.63, 3.8) is 0 Å². The number of nitrogens with two attached hydrogens (primary N) is 1. The molecule has 86 valence electrons. The molecule has 0 spiro atoms. The van der Waals surface area contributed by atoms with Crippen LogP contribution in [0.5, 0.6) is 0 Å². The second kappa shape index (κ2) is 5.13. The molecule has 2 nitrogen and oxygen atoms in total. The van der Waals surface area contributed by atoms with E-state index >= 15 is 0 Å². The second-order valence-electron chi connectivity index (χ2n) is 5.18. The van der Waals surface area contributed by atoms with Crippen molar-refractivity contribution in [2.75, 3.05) is 13.6 Å². The Balaban J connectivity index is 4.67. The lowest BCUT2D eigenvalue weighted by Crippen LogP contribution is -2.57. The zero-order chi connectivity index (χ0) is 11.4. The zero-order valence-corrected chi connectivity index (χ0v) is 10.9. The van der Waals surface area contributed by atoms with Crippen LogP contribution in [0.15, 0.2) is 0 Å². The van der Waals surface area contributed by atoms with Crippen LogP contribution < -0.4 is 5.73 Å². The summed E-state index contributed by atoms with van der Waals surface area (Å²) in [5.74, 6) is 0. The maximum absolute atomic E-state index is 5.90. The third kappa shape index (κ3) is 2.96. The van der Waals surface area contributed by atoms with Gasteiger partial charge in [0.05, 0.1) is 0 Å². The highest BCUT2D eigenvalue weighted by Gasteiger charge is 2.35. The van der Waals surface area contributed by atoms with Crippen molar-refractivity contribution in [1.82, 2.24) is 4.90 Å². The minimum Gasteiger partial charge on any atom is -0.329 e. The fraction of sp³-hybridized carbons (Fsp3) is 1.00. The van der Waals surface area contributed by atoms with Crippen molar-refractivity contribution in [3.8, 4) is 0 Å². The Morgan fingerprint density at radius 3 is 1.93 bits per heavy atom. The monoisotopic (exact) mass is 200 g/mol. The van der Waals surface area contributed by atoms with Crippen molar-refractivity contribution in [2.24, 2.45) is 5.73 Å². The number of likely N-dealkylation sites (N-methyl/N-ethyl adjacent to an activating group) is 1. The van der Waals surface area contributed by atoms with Crippen LogP contribution in [0.3, 0.4) is 0 Å². The second-order valence-corrected chi connectivity index (χ2v) is 5.18. The first-order chi connectivity index (χ1) is 6.34. The first-order valence-corrected chi connectivity index (χ1v) is 5.78. The number of rotatable bonds is 6. The van der Waals surface area contributed by atoms with E-state index in [0.717, 1.165) is 13.0 Å². The van der Waals surface area contributed by atoms with E-state index < -0.39 is 0 Å². The molecule has 0 saturated heterocycles. The summed E-state index contributed by atoms with van der Waals surface area (Å²) in [4.78, 5) is 2.45. The van der Waals surface area contributed by atoms with E-state index in [0.29, 0.717) is 0 Å². The van der Waals surface area contributed by atoms with Gasteiger partial charge in [0.15, 0.2) is 0 Å². The highest BCUT2D eigenvalue weighted by Crippen LogP contribution is 2.28. The summed E-state index contributed by atoms with van der Waals surface area (Å²) in [5.41, 5.74) is 6.29. The third-order valence-corrected chi connectivity index (χ3v) is 3.81. The van der Waals surface area contributed by atoms with Crippen LogP contribution in [0.4, 0.5) is 0 Å². The lowest BCUT2D eigenvalue weighted by molar-refractivity contribution is 0.0293. The molecule has 0 amide bonds. The SMILES string of the molecule is CCCC(C)(CN)N(C)C(C)(C)CC. The van der Waals surface area contributed by atoms with Crippen LogP contribution in [-0.2, 0) is 0 Å². The van der Waals surface area contributed by atoms with Gasteiger partial charge in [0.2, 0.25) is 0 Å². The number of hydrogen-bond donors (Lipinski definition) is 1. The van der Waals surface area contributed by atoms with E-state index in [1.54, 1.807) is 0 Å². The van der Waals surface area contributed by atoms with Gasteiger partial charge in [-0.15, -0.1) is 0 Å². The molecule has 0 heterocycles. The predicted molar refractivity (Wildman–Crippen MR) is 64.5 cm³/mol. The van der Waals surface area contributed by atoms with Crippen LogP contribution in [0.1, 0.15) is 53.9 Å². The summed E-state index contributed by atoms with van der Waals surface area (Å²) >= 11 is 0. The molecule has 0 saturated carbocycles. The molecule has 1 unspecified atom stereocenters. The van der Waals surface area contributed by atoms with Gasteiger partial charge in [-0.2, -0.15) is 0 Å². The molecule has 0 fully saturated rings. The van der Waals surface area contributed by atoms with Crippen molar-refractivity contribution < 1.29 is 0 Å². The topological polar surface area (TPSA) is 29.3 Å². The summed E-state index contributed by atoms with van der Waals surface area (Å²) < 4.78 is 0. The summed E-state index contributed by atoms with van der Waals surface area (Å²) in [6, 6.07) is 0. The number of hydrogen-bond acceptors (Lipinski definition) is 2. The standard InChI is InChI=1S/C12H28N2/c1-7-9-12(5,10-13)14(6)11(3,4)8-2/h7-10,13H2,1-6H3. The Kier molecular flexibility index (Phi) is 5.10. The molecule has 0 aliphatic carbocycles. The van der Waals surface area contributed by atoms with Crippen molar-refractivity contribution in [2.45, 2.75) is 65.0 Å². The average molecular weight is 200 g/mol. The van der Waals surface area contributed by atoms with E-state index in [9.17, 15) is 0 Å². The summed E-state index contributed by atoms with van der Waals surface area (Å²) in [7, 11) is 2.20. The minimum absolute atomic E-state index is 0.147. The molecule has 0 aliphatic heterocycles. The number of nitrogens with zero attached hydrogens (tertiary/aromatic N) is 1.